The van der Waals surface area contributed by atoms with Gasteiger partial charge in [0.1, 0.15) is 23.5 Å². The van der Waals surface area contributed by atoms with Crippen LogP contribution >= 0.6 is 24.2 Å². The summed E-state index contributed by atoms with van der Waals surface area (Å²) in [4.78, 5) is 58.6. The summed E-state index contributed by atoms with van der Waals surface area (Å²) in [6.07, 6.45) is 4.25. The molecule has 12 nitrogen and oxygen atoms in total. The van der Waals surface area contributed by atoms with Crippen LogP contribution in [-0.4, -0.2) is 113 Å². The SMILES string of the molecule is C/C1=C\C=C\C(C)C2(O)CC(OC(=O)N2)C(C)C2OC2(C)C(OC(=O)CN2CCN(C(=O)CCC(C)(C)S)CC2)CC(=O)N(C)c2cc(cc(C)c2Cl)C1. The van der Waals surface area contributed by atoms with E-state index >= 15 is 0 Å². The first-order chi connectivity index (χ1) is 25.2. The van der Waals surface area contributed by atoms with Crippen molar-refractivity contribution < 1.29 is 38.5 Å². The average molecular weight is 789 g/mol. The summed E-state index contributed by atoms with van der Waals surface area (Å²) in [5.41, 5.74) is 0.686. The molecule has 1 aromatic carbocycles. The van der Waals surface area contributed by atoms with Gasteiger partial charge in [-0.1, -0.05) is 69.2 Å². The van der Waals surface area contributed by atoms with E-state index in [1.807, 2.05) is 81.7 Å². The van der Waals surface area contributed by atoms with Gasteiger partial charge in [0.25, 0.3) is 0 Å². The van der Waals surface area contributed by atoms with Crippen molar-refractivity contribution in [1.29, 1.82) is 0 Å². The number of nitrogens with zero attached hydrogens (tertiary/aromatic N) is 3. The molecular formula is C40H57ClN4O8S. The number of epoxide rings is 1. The van der Waals surface area contributed by atoms with Crippen molar-refractivity contribution in [2.24, 2.45) is 11.8 Å². The van der Waals surface area contributed by atoms with Gasteiger partial charge in [-0.3, -0.25) is 24.6 Å². The van der Waals surface area contributed by atoms with Crippen molar-refractivity contribution in [2.75, 3.05) is 44.7 Å². The highest BCUT2D eigenvalue weighted by Gasteiger charge is 2.64. The van der Waals surface area contributed by atoms with Gasteiger partial charge in [-0.2, -0.15) is 12.6 Å². The molecule has 3 amide bonds. The van der Waals surface area contributed by atoms with Gasteiger partial charge in [0, 0.05) is 62.7 Å². The number of thiol groups is 1. The van der Waals surface area contributed by atoms with E-state index in [0.29, 0.717) is 56.2 Å². The van der Waals surface area contributed by atoms with Gasteiger partial charge in [0.15, 0.2) is 0 Å². The number of esters is 1. The molecule has 4 bridgehead atoms. The Morgan fingerprint density at radius 3 is 2.50 bits per heavy atom. The van der Waals surface area contributed by atoms with Crippen LogP contribution in [0.2, 0.25) is 5.02 Å². The number of halogens is 1. The number of carbonyl (C=O) groups excluding carboxylic acids is 4. The third-order valence-corrected chi connectivity index (χ3v) is 12.1. The molecule has 7 atom stereocenters. The second-order valence-corrected chi connectivity index (χ2v) is 18.1. The largest absolute Gasteiger partial charge is 0.458 e. The van der Waals surface area contributed by atoms with E-state index in [-0.39, 0.29) is 35.9 Å². The Labute approximate surface area is 330 Å². The number of hydrogen-bond acceptors (Lipinski definition) is 10. The average Bonchev–Trinajstić information content (AvgIpc) is 3.79. The van der Waals surface area contributed by atoms with Crippen molar-refractivity contribution in [2.45, 2.75) is 115 Å². The van der Waals surface area contributed by atoms with Gasteiger partial charge in [0.05, 0.1) is 29.8 Å². The highest BCUT2D eigenvalue weighted by molar-refractivity contribution is 7.81. The van der Waals surface area contributed by atoms with Gasteiger partial charge >= 0.3 is 12.1 Å². The molecule has 4 aliphatic heterocycles. The summed E-state index contributed by atoms with van der Waals surface area (Å²) in [5.74, 6) is -1.65. The number of alkyl carbamates (subject to hydrolysis) is 1. The Hall–Kier alpha value is -3.10. The number of carbonyl (C=O) groups is 4. The smallest absolute Gasteiger partial charge is 0.409 e. The van der Waals surface area contributed by atoms with E-state index in [4.69, 9.17) is 25.8 Å². The van der Waals surface area contributed by atoms with Crippen molar-refractivity contribution in [1.82, 2.24) is 15.1 Å². The molecule has 0 aliphatic carbocycles. The molecule has 0 radical (unpaired) electrons. The lowest BCUT2D eigenvalue weighted by Crippen LogP contribution is -2.60. The van der Waals surface area contributed by atoms with Gasteiger partial charge < -0.3 is 29.1 Å². The number of benzene rings is 1. The number of aryl methyl sites for hydroxylation is 1. The summed E-state index contributed by atoms with van der Waals surface area (Å²) in [6.45, 7) is 15.3. The quantitative estimate of drug-likeness (QED) is 0.201. The molecule has 4 aliphatic rings. The van der Waals surface area contributed by atoms with Gasteiger partial charge in [0.2, 0.25) is 11.8 Å². The normalized spacial score (nSPS) is 32.8. The third-order valence-electron chi connectivity index (χ3n) is 11.4. The van der Waals surface area contributed by atoms with Crippen LogP contribution in [0.4, 0.5) is 10.5 Å². The number of hydrogen-bond donors (Lipinski definition) is 3. The molecule has 0 aromatic heterocycles. The number of ether oxygens (including phenoxy) is 3. The highest BCUT2D eigenvalue weighted by atomic mass is 35.5. The first-order valence-corrected chi connectivity index (χ1v) is 19.7. The minimum Gasteiger partial charge on any atom is -0.458 e. The molecule has 5 rings (SSSR count). The number of aliphatic hydroxyl groups is 1. The Kier molecular flexibility index (Phi) is 12.9. The molecule has 0 spiro atoms. The zero-order valence-corrected chi connectivity index (χ0v) is 34.5. The molecule has 54 heavy (non-hydrogen) atoms. The van der Waals surface area contributed by atoms with Gasteiger partial charge in [-0.15, -0.1) is 0 Å². The van der Waals surface area contributed by atoms with E-state index in [1.54, 1.807) is 14.0 Å². The molecule has 1 aromatic rings. The van der Waals surface area contributed by atoms with Crippen LogP contribution in [0.5, 0.6) is 0 Å². The van der Waals surface area contributed by atoms with E-state index in [0.717, 1.165) is 16.7 Å². The number of allylic oxidation sites excluding steroid dienone is 3. The summed E-state index contributed by atoms with van der Waals surface area (Å²) < 4.78 is 17.9. The van der Waals surface area contributed by atoms with Crippen LogP contribution in [-0.2, 0) is 35.0 Å². The summed E-state index contributed by atoms with van der Waals surface area (Å²) in [5, 5.41) is 14.7. The van der Waals surface area contributed by atoms with Crippen molar-refractivity contribution in [3.8, 4) is 0 Å². The Bertz CT molecular complexity index is 1670. The van der Waals surface area contributed by atoms with Crippen molar-refractivity contribution >= 4 is 53.8 Å². The van der Waals surface area contributed by atoms with E-state index in [9.17, 15) is 24.3 Å². The number of nitrogens with one attached hydrogen (secondary N) is 1. The van der Waals surface area contributed by atoms with Crippen molar-refractivity contribution in [3.63, 3.8) is 0 Å². The number of fused-ring (bicyclic) bond motifs is 5. The fourth-order valence-corrected chi connectivity index (χ4v) is 8.00. The van der Waals surface area contributed by atoms with Crippen LogP contribution in [0.3, 0.4) is 0 Å². The summed E-state index contributed by atoms with van der Waals surface area (Å²) in [7, 11) is 1.66. The lowest BCUT2D eigenvalue weighted by Gasteiger charge is -2.41. The zero-order chi connectivity index (χ0) is 39.7. The first-order valence-electron chi connectivity index (χ1n) is 18.9. The first kappa shape index (κ1) is 42.1. The predicted octanol–water partition coefficient (Wildman–Crippen LogP) is 5.22. The monoisotopic (exact) mass is 788 g/mol. The Morgan fingerprint density at radius 1 is 1.15 bits per heavy atom. The number of rotatable bonds is 6. The Balaban J connectivity index is 1.38. The van der Waals surface area contributed by atoms with E-state index in [1.165, 1.54) is 4.90 Å². The van der Waals surface area contributed by atoms with E-state index in [2.05, 4.69) is 17.9 Å². The molecule has 298 valence electrons. The molecule has 3 saturated heterocycles. The molecular weight excluding hydrogens is 732 g/mol. The molecule has 2 N–H and O–H groups in total. The second-order valence-electron chi connectivity index (χ2n) is 16.5. The fourth-order valence-electron chi connectivity index (χ4n) is 7.65. The predicted molar refractivity (Wildman–Crippen MR) is 211 cm³/mol. The summed E-state index contributed by atoms with van der Waals surface area (Å²) >= 11 is 11.3. The maximum atomic E-state index is 14.1. The van der Waals surface area contributed by atoms with Crippen LogP contribution in [0.1, 0.15) is 78.4 Å². The second kappa shape index (κ2) is 16.6. The topological polar surface area (TPSA) is 141 Å². The number of piperazine rings is 1. The van der Waals surface area contributed by atoms with Gasteiger partial charge in [-0.05, 0) is 50.8 Å². The molecule has 3 fully saturated rings. The van der Waals surface area contributed by atoms with Crippen molar-refractivity contribution in [3.05, 3.63) is 52.1 Å². The molecule has 4 heterocycles. The minimum atomic E-state index is -1.58. The number of anilines is 1. The summed E-state index contributed by atoms with van der Waals surface area (Å²) in [6, 6.07) is 3.89. The van der Waals surface area contributed by atoms with E-state index < -0.39 is 53.5 Å². The standard InChI is InChI=1S/C40H57ClN4O8S/c1-24-10-9-11-26(3)40(50)22-30(51-37(49)42-40)27(4)36-39(7,53-36)31(21-33(47)43(8)29-20-28(18-24)19-25(2)35(29)41)52-34(48)23-44-14-16-45(17-15-44)32(46)12-13-38(5,6)54/h9-11,19-20,26-27,30-31,36,50,54H,12-18,21-23H2,1-8H3,(H,42,49)/b11-9+,24-10+. The van der Waals surface area contributed by atoms with Gasteiger partial charge in [-0.25, -0.2) is 4.79 Å². The van der Waals surface area contributed by atoms with Crippen LogP contribution in [0.25, 0.3) is 0 Å². The molecule has 0 saturated carbocycles. The maximum Gasteiger partial charge on any atom is 0.409 e. The zero-order valence-electron chi connectivity index (χ0n) is 32.8. The highest BCUT2D eigenvalue weighted by Crippen LogP contribution is 2.49. The number of amides is 3. The van der Waals surface area contributed by atoms with Crippen LogP contribution in [0.15, 0.2) is 35.9 Å². The fraction of sp³-hybridized carbons (Fsp3) is 0.650. The Morgan fingerprint density at radius 2 is 1.83 bits per heavy atom. The third kappa shape index (κ3) is 10.0. The minimum absolute atomic E-state index is 0.0210. The lowest BCUT2D eigenvalue weighted by molar-refractivity contribution is -0.155. The lowest BCUT2D eigenvalue weighted by atomic mass is 9.82. The van der Waals surface area contributed by atoms with Crippen LogP contribution < -0.4 is 10.2 Å². The maximum absolute atomic E-state index is 14.1. The van der Waals surface area contributed by atoms with Crippen LogP contribution in [0, 0.1) is 18.8 Å². The molecule has 14 heteroatoms. The molecule has 7 unspecified atom stereocenters.